The van der Waals surface area contributed by atoms with Gasteiger partial charge in [0, 0.05) is 18.8 Å². The standard InChI is InChI=1S/C10H12BrN3/c1-2-5-14(8-3-4-8)10-9(11)6-12-7-13-10/h2,6-8H,1,3-5H2. The molecule has 0 N–H and O–H groups in total. The van der Waals surface area contributed by atoms with E-state index in [4.69, 9.17) is 0 Å². The van der Waals surface area contributed by atoms with E-state index in [-0.39, 0.29) is 0 Å². The molecule has 1 heterocycles. The van der Waals surface area contributed by atoms with Crippen LogP contribution >= 0.6 is 15.9 Å². The van der Waals surface area contributed by atoms with Crippen LogP contribution in [0.5, 0.6) is 0 Å². The van der Waals surface area contributed by atoms with Crippen molar-refractivity contribution in [3.8, 4) is 0 Å². The Morgan fingerprint density at radius 3 is 3.00 bits per heavy atom. The summed E-state index contributed by atoms with van der Waals surface area (Å²) in [5.74, 6) is 0.974. The van der Waals surface area contributed by atoms with Gasteiger partial charge in [0.15, 0.2) is 0 Å². The number of rotatable bonds is 4. The first kappa shape index (κ1) is 9.65. The smallest absolute Gasteiger partial charge is 0.146 e. The number of hydrogen-bond acceptors (Lipinski definition) is 3. The highest BCUT2D eigenvalue weighted by Gasteiger charge is 2.30. The molecule has 1 aliphatic rings. The summed E-state index contributed by atoms with van der Waals surface area (Å²) in [4.78, 5) is 10.5. The van der Waals surface area contributed by atoms with Gasteiger partial charge < -0.3 is 4.90 Å². The van der Waals surface area contributed by atoms with Gasteiger partial charge in [0.05, 0.1) is 4.47 Å². The summed E-state index contributed by atoms with van der Waals surface area (Å²) in [5.41, 5.74) is 0. The molecule has 14 heavy (non-hydrogen) atoms. The van der Waals surface area contributed by atoms with Gasteiger partial charge in [0.25, 0.3) is 0 Å². The van der Waals surface area contributed by atoms with Crippen LogP contribution in [0.25, 0.3) is 0 Å². The predicted octanol–water partition coefficient (Wildman–Crippen LogP) is 2.39. The summed E-state index contributed by atoms with van der Waals surface area (Å²) in [5, 5.41) is 0. The second-order valence-electron chi connectivity index (χ2n) is 3.37. The lowest BCUT2D eigenvalue weighted by atomic mass is 10.4. The second kappa shape index (κ2) is 4.09. The fraction of sp³-hybridized carbons (Fsp3) is 0.400. The maximum absolute atomic E-state index is 4.28. The van der Waals surface area contributed by atoms with Crippen molar-refractivity contribution >= 4 is 21.7 Å². The van der Waals surface area contributed by atoms with Gasteiger partial charge in [-0.15, -0.1) is 6.58 Å². The molecule has 1 fully saturated rings. The van der Waals surface area contributed by atoms with Crippen molar-refractivity contribution in [2.45, 2.75) is 18.9 Å². The quantitative estimate of drug-likeness (QED) is 0.772. The second-order valence-corrected chi connectivity index (χ2v) is 4.22. The lowest BCUT2D eigenvalue weighted by molar-refractivity contribution is 0.832. The number of hydrogen-bond donors (Lipinski definition) is 0. The average molecular weight is 254 g/mol. The van der Waals surface area contributed by atoms with Gasteiger partial charge in [-0.05, 0) is 28.8 Å². The van der Waals surface area contributed by atoms with E-state index in [0.29, 0.717) is 6.04 Å². The van der Waals surface area contributed by atoms with Crippen LogP contribution in [0.3, 0.4) is 0 Å². The van der Waals surface area contributed by atoms with E-state index in [1.54, 1.807) is 12.5 Å². The Morgan fingerprint density at radius 2 is 2.43 bits per heavy atom. The van der Waals surface area contributed by atoms with Crippen molar-refractivity contribution in [2.24, 2.45) is 0 Å². The predicted molar refractivity (Wildman–Crippen MR) is 60.3 cm³/mol. The summed E-state index contributed by atoms with van der Waals surface area (Å²) in [6, 6.07) is 0.638. The van der Waals surface area contributed by atoms with Crippen LogP contribution in [0, 0.1) is 0 Å². The summed E-state index contributed by atoms with van der Waals surface area (Å²) in [6.45, 7) is 4.61. The molecule has 0 aliphatic heterocycles. The van der Waals surface area contributed by atoms with Gasteiger partial charge in [-0.2, -0.15) is 0 Å². The zero-order valence-corrected chi connectivity index (χ0v) is 9.44. The summed E-state index contributed by atoms with van der Waals surface area (Å²) < 4.78 is 0.953. The molecule has 0 unspecified atom stereocenters. The van der Waals surface area contributed by atoms with Crippen molar-refractivity contribution in [2.75, 3.05) is 11.4 Å². The molecule has 0 amide bonds. The van der Waals surface area contributed by atoms with Gasteiger partial charge in [-0.25, -0.2) is 9.97 Å². The van der Waals surface area contributed by atoms with Gasteiger partial charge in [0.2, 0.25) is 0 Å². The zero-order chi connectivity index (χ0) is 9.97. The van der Waals surface area contributed by atoms with Crippen molar-refractivity contribution in [3.63, 3.8) is 0 Å². The van der Waals surface area contributed by atoms with Gasteiger partial charge in [0.1, 0.15) is 12.1 Å². The third kappa shape index (κ3) is 1.95. The SMILES string of the molecule is C=CCN(c1ncncc1Br)C1CC1. The summed E-state index contributed by atoms with van der Waals surface area (Å²) >= 11 is 3.46. The fourth-order valence-electron chi connectivity index (χ4n) is 1.45. The molecule has 4 heteroatoms. The van der Waals surface area contributed by atoms with Crippen molar-refractivity contribution in [1.29, 1.82) is 0 Å². The lowest BCUT2D eigenvalue weighted by Gasteiger charge is -2.22. The highest BCUT2D eigenvalue weighted by Crippen LogP contribution is 2.33. The Bertz CT molecular complexity index is 336. The minimum absolute atomic E-state index is 0.638. The summed E-state index contributed by atoms with van der Waals surface area (Å²) in [6.07, 6.45) is 7.78. The molecule has 3 nitrogen and oxygen atoms in total. The molecular weight excluding hydrogens is 242 g/mol. The minimum atomic E-state index is 0.638. The molecular formula is C10H12BrN3. The molecule has 74 valence electrons. The van der Waals surface area contributed by atoms with Gasteiger partial charge in [-0.3, -0.25) is 0 Å². The van der Waals surface area contributed by atoms with E-state index >= 15 is 0 Å². The Hall–Kier alpha value is -0.900. The van der Waals surface area contributed by atoms with Crippen LogP contribution in [-0.4, -0.2) is 22.6 Å². The van der Waals surface area contributed by atoms with Gasteiger partial charge >= 0.3 is 0 Å². The Morgan fingerprint density at radius 1 is 1.64 bits per heavy atom. The van der Waals surface area contributed by atoms with Crippen molar-refractivity contribution < 1.29 is 0 Å². The molecule has 0 radical (unpaired) electrons. The van der Waals surface area contributed by atoms with Crippen LogP contribution in [0.4, 0.5) is 5.82 Å². The number of halogens is 1. The molecule has 0 spiro atoms. The van der Waals surface area contributed by atoms with E-state index in [9.17, 15) is 0 Å². The molecule has 1 saturated carbocycles. The number of aromatic nitrogens is 2. The fourth-order valence-corrected chi connectivity index (χ4v) is 1.90. The Kier molecular flexibility index (Phi) is 2.82. The van der Waals surface area contributed by atoms with E-state index in [1.165, 1.54) is 12.8 Å². The van der Waals surface area contributed by atoms with Crippen LogP contribution in [-0.2, 0) is 0 Å². The maximum atomic E-state index is 4.28. The Balaban J connectivity index is 2.25. The van der Waals surface area contributed by atoms with Crippen LogP contribution in [0.1, 0.15) is 12.8 Å². The van der Waals surface area contributed by atoms with Crippen LogP contribution in [0.2, 0.25) is 0 Å². The zero-order valence-electron chi connectivity index (χ0n) is 7.86. The topological polar surface area (TPSA) is 29.0 Å². The van der Waals surface area contributed by atoms with E-state index in [1.807, 2.05) is 6.08 Å². The van der Waals surface area contributed by atoms with Crippen LogP contribution in [0.15, 0.2) is 29.7 Å². The molecule has 0 bridgehead atoms. The van der Waals surface area contributed by atoms with E-state index in [0.717, 1.165) is 16.8 Å². The largest absolute Gasteiger partial charge is 0.349 e. The molecule has 1 aromatic rings. The van der Waals surface area contributed by atoms with E-state index in [2.05, 4.69) is 37.4 Å². The van der Waals surface area contributed by atoms with Crippen molar-refractivity contribution in [1.82, 2.24) is 9.97 Å². The maximum Gasteiger partial charge on any atom is 0.146 e. The highest BCUT2D eigenvalue weighted by atomic mass is 79.9. The van der Waals surface area contributed by atoms with Crippen molar-refractivity contribution in [3.05, 3.63) is 29.7 Å². The van der Waals surface area contributed by atoms with Crippen LogP contribution < -0.4 is 4.90 Å². The van der Waals surface area contributed by atoms with E-state index < -0.39 is 0 Å². The Labute approximate surface area is 92.0 Å². The highest BCUT2D eigenvalue weighted by molar-refractivity contribution is 9.10. The lowest BCUT2D eigenvalue weighted by Crippen LogP contribution is -2.26. The first-order valence-corrected chi connectivity index (χ1v) is 5.45. The van der Waals surface area contributed by atoms with Gasteiger partial charge in [-0.1, -0.05) is 6.08 Å². The molecule has 1 aromatic heterocycles. The molecule has 0 aromatic carbocycles. The third-order valence-corrected chi connectivity index (χ3v) is 2.79. The number of nitrogens with zero attached hydrogens (tertiary/aromatic N) is 3. The molecule has 0 saturated heterocycles. The normalized spacial score (nSPS) is 15.2. The third-order valence-electron chi connectivity index (χ3n) is 2.23. The first-order chi connectivity index (χ1) is 6.83. The minimum Gasteiger partial charge on any atom is -0.349 e. The average Bonchev–Trinajstić information content (AvgIpc) is 2.99. The monoisotopic (exact) mass is 253 g/mol. The molecule has 0 atom stereocenters. The summed E-state index contributed by atoms with van der Waals surface area (Å²) in [7, 11) is 0. The molecule has 1 aliphatic carbocycles. The number of anilines is 1. The first-order valence-electron chi connectivity index (χ1n) is 4.66. The molecule has 2 rings (SSSR count).